The standard InChI is InChI=1S/C34H46N4O7S2/c1-21(2)18-38(47(41,42)25-11-12-26-30(17-25)46-34(37-26)36-24-9-10-24)19-28(39)23(15-22-7-5-4-6-8-22)16-31(40)45-29-13-14-43-33-32(29)27(35-3)20-44-33/h4-8,11-12,17,21,23-24,27-29,32-33,35,39H,9-10,13-16,18-20H2,1-3H3,(H,36,37)/t23-,27+,28-,29+,32+,33+/m1/s1. The van der Waals surface area contributed by atoms with Crippen molar-refractivity contribution in [3.63, 3.8) is 0 Å². The summed E-state index contributed by atoms with van der Waals surface area (Å²) in [6.45, 7) is 4.86. The number of hydrogen-bond donors (Lipinski definition) is 3. The van der Waals surface area contributed by atoms with Crippen molar-refractivity contribution in [1.82, 2.24) is 14.6 Å². The lowest BCUT2D eigenvalue weighted by Crippen LogP contribution is -2.48. The lowest BCUT2D eigenvalue weighted by atomic mass is 9.90. The number of hydrogen-bond acceptors (Lipinski definition) is 11. The van der Waals surface area contributed by atoms with Crippen LogP contribution in [0.5, 0.6) is 0 Å². The second kappa shape index (κ2) is 14.9. The molecule has 3 N–H and O–H groups in total. The highest BCUT2D eigenvalue weighted by atomic mass is 32.2. The van der Waals surface area contributed by atoms with Crippen LogP contribution < -0.4 is 10.6 Å². The predicted molar refractivity (Wildman–Crippen MR) is 181 cm³/mol. The lowest BCUT2D eigenvalue weighted by molar-refractivity contribution is -0.196. The summed E-state index contributed by atoms with van der Waals surface area (Å²) in [7, 11) is -2.13. The van der Waals surface area contributed by atoms with E-state index in [1.165, 1.54) is 15.6 Å². The van der Waals surface area contributed by atoms with Gasteiger partial charge >= 0.3 is 5.97 Å². The number of carbonyl (C=O) groups is 1. The summed E-state index contributed by atoms with van der Waals surface area (Å²) in [6.07, 6.45) is 1.19. The fourth-order valence-corrected chi connectivity index (χ4v) is 9.22. The van der Waals surface area contributed by atoms with E-state index in [2.05, 4.69) is 15.6 Å². The van der Waals surface area contributed by atoms with Gasteiger partial charge in [-0.1, -0.05) is 55.5 Å². The Bertz CT molecular complexity index is 1610. The zero-order chi connectivity index (χ0) is 33.1. The van der Waals surface area contributed by atoms with Gasteiger partial charge in [-0.05, 0) is 56.0 Å². The monoisotopic (exact) mass is 686 g/mol. The average molecular weight is 687 g/mol. The van der Waals surface area contributed by atoms with E-state index in [4.69, 9.17) is 14.2 Å². The van der Waals surface area contributed by atoms with Crippen molar-refractivity contribution in [2.75, 3.05) is 38.7 Å². The first-order chi connectivity index (χ1) is 22.6. The molecule has 0 amide bonds. The summed E-state index contributed by atoms with van der Waals surface area (Å²) >= 11 is 1.44. The van der Waals surface area contributed by atoms with Crippen LogP contribution in [0.4, 0.5) is 5.13 Å². The van der Waals surface area contributed by atoms with Gasteiger partial charge < -0.3 is 30.0 Å². The maximum atomic E-state index is 14.1. The van der Waals surface area contributed by atoms with Crippen molar-refractivity contribution in [3.8, 4) is 0 Å². The first kappa shape index (κ1) is 34.2. The molecule has 2 aromatic carbocycles. The fraction of sp³-hybridized carbons (Fsp3) is 0.588. The normalized spacial score (nSPS) is 24.4. The van der Waals surface area contributed by atoms with Gasteiger partial charge in [0.05, 0.1) is 46.8 Å². The number of esters is 1. The Morgan fingerprint density at radius 2 is 1.91 bits per heavy atom. The summed E-state index contributed by atoms with van der Waals surface area (Å²) in [5.41, 5.74) is 1.69. The molecule has 0 unspecified atom stereocenters. The second-order valence-electron chi connectivity index (χ2n) is 13.4. The number of nitrogens with zero attached hydrogens (tertiary/aromatic N) is 2. The van der Waals surface area contributed by atoms with E-state index < -0.39 is 34.3 Å². The number of benzene rings is 2. The largest absolute Gasteiger partial charge is 0.462 e. The van der Waals surface area contributed by atoms with E-state index in [9.17, 15) is 18.3 Å². The Kier molecular flexibility index (Phi) is 10.8. The van der Waals surface area contributed by atoms with Crippen LogP contribution in [0.2, 0.25) is 0 Å². The molecular weight excluding hydrogens is 641 g/mol. The number of likely N-dealkylation sites (N-methyl/N-ethyl adjacent to an activating group) is 1. The third-order valence-corrected chi connectivity index (χ3v) is 11.9. The maximum Gasteiger partial charge on any atom is 0.306 e. The smallest absolute Gasteiger partial charge is 0.306 e. The number of sulfonamides is 1. The molecule has 256 valence electrons. The molecule has 11 nitrogen and oxygen atoms in total. The summed E-state index contributed by atoms with van der Waals surface area (Å²) in [6, 6.07) is 15.1. The highest BCUT2D eigenvalue weighted by Gasteiger charge is 2.47. The van der Waals surface area contributed by atoms with E-state index in [0.717, 1.165) is 33.8 Å². The van der Waals surface area contributed by atoms with Gasteiger partial charge in [-0.2, -0.15) is 4.31 Å². The molecule has 1 aliphatic carbocycles. The van der Waals surface area contributed by atoms with Crippen LogP contribution in [0, 0.1) is 17.8 Å². The number of thiazole rings is 1. The van der Waals surface area contributed by atoms with Crippen molar-refractivity contribution < 1.29 is 32.5 Å². The summed E-state index contributed by atoms with van der Waals surface area (Å²) in [5.74, 6) is -1.13. The van der Waals surface area contributed by atoms with Crippen LogP contribution in [0.15, 0.2) is 53.4 Å². The Balaban J connectivity index is 1.20. The van der Waals surface area contributed by atoms with Crippen LogP contribution in [0.3, 0.4) is 0 Å². The van der Waals surface area contributed by atoms with Gasteiger partial charge in [0.2, 0.25) is 10.0 Å². The molecule has 3 heterocycles. The summed E-state index contributed by atoms with van der Waals surface area (Å²) in [4.78, 5) is 18.3. The second-order valence-corrected chi connectivity index (χ2v) is 16.3. The van der Waals surface area contributed by atoms with Gasteiger partial charge in [-0.25, -0.2) is 13.4 Å². The third-order valence-electron chi connectivity index (χ3n) is 9.16. The summed E-state index contributed by atoms with van der Waals surface area (Å²) in [5, 5.41) is 19.2. The van der Waals surface area contributed by atoms with E-state index >= 15 is 0 Å². The van der Waals surface area contributed by atoms with Crippen molar-refractivity contribution >= 4 is 42.7 Å². The minimum Gasteiger partial charge on any atom is -0.462 e. The lowest BCUT2D eigenvalue weighted by Gasteiger charge is -2.35. The minimum absolute atomic E-state index is 0.00355. The van der Waals surface area contributed by atoms with E-state index in [1.54, 1.807) is 18.2 Å². The van der Waals surface area contributed by atoms with Crippen LogP contribution >= 0.6 is 11.3 Å². The molecule has 2 saturated heterocycles. The number of aliphatic hydroxyl groups is 1. The molecule has 0 radical (unpaired) electrons. The molecule has 3 aromatic rings. The quantitative estimate of drug-likeness (QED) is 0.201. The molecule has 1 saturated carbocycles. The molecule has 3 fully saturated rings. The molecule has 0 bridgehead atoms. The molecule has 13 heteroatoms. The summed E-state index contributed by atoms with van der Waals surface area (Å²) < 4.78 is 48.0. The molecular formula is C34H46N4O7S2. The topological polar surface area (TPSA) is 139 Å². The molecule has 6 rings (SSSR count). The van der Waals surface area contributed by atoms with E-state index in [-0.39, 0.29) is 48.4 Å². The molecule has 2 aliphatic heterocycles. The zero-order valence-electron chi connectivity index (χ0n) is 27.2. The number of aromatic nitrogens is 1. The molecule has 47 heavy (non-hydrogen) atoms. The van der Waals surface area contributed by atoms with Gasteiger partial charge in [-0.3, -0.25) is 4.79 Å². The Morgan fingerprint density at radius 3 is 2.64 bits per heavy atom. The third kappa shape index (κ3) is 8.33. The van der Waals surface area contributed by atoms with Gasteiger partial charge in [0.15, 0.2) is 11.4 Å². The highest BCUT2D eigenvalue weighted by Crippen LogP contribution is 2.35. The van der Waals surface area contributed by atoms with Gasteiger partial charge in [-0.15, -0.1) is 0 Å². The number of fused-ring (bicyclic) bond motifs is 2. The van der Waals surface area contributed by atoms with Crippen LogP contribution in [0.25, 0.3) is 10.2 Å². The molecule has 0 spiro atoms. The Labute approximate surface area is 281 Å². The fourth-order valence-electron chi connectivity index (χ4n) is 6.52. The SMILES string of the molecule is CN[C@H]1CO[C@@H]2OCC[C@H](OC(=O)C[C@@H](Cc3ccccc3)[C@H](O)CN(CC(C)C)S(=O)(=O)c3ccc4nc(NC5CC5)sc4c3)[C@@H]21. The van der Waals surface area contributed by atoms with Crippen molar-refractivity contribution in [2.24, 2.45) is 17.8 Å². The number of anilines is 1. The Hall–Kier alpha value is -2.65. The van der Waals surface area contributed by atoms with Gasteiger partial charge in [0.25, 0.3) is 0 Å². The predicted octanol–water partition coefficient (Wildman–Crippen LogP) is 4.02. The molecule has 3 aliphatic rings. The van der Waals surface area contributed by atoms with E-state index in [0.29, 0.717) is 32.1 Å². The highest BCUT2D eigenvalue weighted by molar-refractivity contribution is 7.89. The van der Waals surface area contributed by atoms with Crippen molar-refractivity contribution in [1.29, 1.82) is 0 Å². The number of ether oxygens (including phenoxy) is 3. The van der Waals surface area contributed by atoms with Crippen LogP contribution in [0.1, 0.15) is 45.1 Å². The van der Waals surface area contributed by atoms with Crippen molar-refractivity contribution in [2.45, 2.75) is 81.4 Å². The number of carbonyl (C=O) groups excluding carboxylic acids is 1. The first-order valence-electron chi connectivity index (χ1n) is 16.6. The minimum atomic E-state index is -3.98. The molecule has 1 aromatic heterocycles. The number of rotatable bonds is 15. The maximum absolute atomic E-state index is 14.1. The zero-order valence-corrected chi connectivity index (χ0v) is 28.8. The number of aliphatic hydroxyl groups excluding tert-OH is 1. The van der Waals surface area contributed by atoms with E-state index in [1.807, 2.05) is 51.2 Å². The first-order valence-corrected chi connectivity index (χ1v) is 18.9. The molecule has 6 atom stereocenters. The number of nitrogens with one attached hydrogen (secondary N) is 2. The van der Waals surface area contributed by atoms with Gasteiger partial charge in [0, 0.05) is 37.5 Å². The van der Waals surface area contributed by atoms with Crippen molar-refractivity contribution in [3.05, 3.63) is 54.1 Å². The van der Waals surface area contributed by atoms with Crippen LogP contribution in [-0.4, -0.2) is 92.7 Å². The average Bonchev–Trinajstić information content (AvgIpc) is 3.60. The van der Waals surface area contributed by atoms with Gasteiger partial charge in [0.1, 0.15) is 6.10 Å². The van der Waals surface area contributed by atoms with Crippen LogP contribution in [-0.2, 0) is 35.4 Å². The Morgan fingerprint density at radius 1 is 1.13 bits per heavy atom.